The summed E-state index contributed by atoms with van der Waals surface area (Å²) < 4.78 is 13.2. The highest BCUT2D eigenvalue weighted by molar-refractivity contribution is 5.97. The molecule has 1 amide bonds. The van der Waals surface area contributed by atoms with E-state index in [4.69, 9.17) is 0 Å². The van der Waals surface area contributed by atoms with Gasteiger partial charge in [-0.1, -0.05) is 37.8 Å². The van der Waals surface area contributed by atoms with Crippen LogP contribution in [0.3, 0.4) is 0 Å². The number of nitrogens with zero attached hydrogens (tertiary/aromatic N) is 2. The normalized spacial score (nSPS) is 15.2. The van der Waals surface area contributed by atoms with Gasteiger partial charge in [0.1, 0.15) is 11.6 Å². The van der Waals surface area contributed by atoms with Crippen LogP contribution in [0.1, 0.15) is 49.1 Å². The fourth-order valence-corrected chi connectivity index (χ4v) is 3.62. The van der Waals surface area contributed by atoms with Crippen molar-refractivity contribution in [3.63, 3.8) is 0 Å². The van der Waals surface area contributed by atoms with E-state index in [1.807, 2.05) is 24.3 Å². The summed E-state index contributed by atoms with van der Waals surface area (Å²) in [6.45, 7) is 0. The van der Waals surface area contributed by atoms with Gasteiger partial charge >= 0.3 is 0 Å². The lowest BCUT2D eigenvalue weighted by molar-refractivity contribution is 0.0923. The highest BCUT2D eigenvalue weighted by Gasteiger charge is 2.19. The van der Waals surface area contributed by atoms with Crippen LogP contribution < -0.4 is 10.6 Å². The maximum absolute atomic E-state index is 13.2. The van der Waals surface area contributed by atoms with Crippen LogP contribution in [-0.2, 0) is 0 Å². The summed E-state index contributed by atoms with van der Waals surface area (Å²) in [7, 11) is 0. The van der Waals surface area contributed by atoms with Crippen molar-refractivity contribution in [2.75, 3.05) is 5.32 Å². The highest BCUT2D eigenvalue weighted by atomic mass is 19.1. The summed E-state index contributed by atoms with van der Waals surface area (Å²) in [4.78, 5) is 21.7. The van der Waals surface area contributed by atoms with Gasteiger partial charge in [0, 0.05) is 17.1 Å². The Bertz CT molecular complexity index is 966. The lowest BCUT2D eigenvalue weighted by atomic mass is 10.1. The summed E-state index contributed by atoms with van der Waals surface area (Å²) in [6.07, 6.45) is 6.73. The maximum atomic E-state index is 13.2. The molecule has 2 N–H and O–H groups in total. The van der Waals surface area contributed by atoms with Gasteiger partial charge in [0.25, 0.3) is 5.91 Å². The second-order valence-electron chi connectivity index (χ2n) is 7.21. The summed E-state index contributed by atoms with van der Waals surface area (Å²) in [5, 5.41) is 7.09. The van der Waals surface area contributed by atoms with Crippen LogP contribution in [0.15, 0.2) is 48.5 Å². The molecule has 0 saturated heterocycles. The van der Waals surface area contributed by atoms with Crippen molar-refractivity contribution < 1.29 is 9.18 Å². The first-order valence-corrected chi connectivity index (χ1v) is 9.79. The lowest BCUT2D eigenvalue weighted by Gasteiger charge is -2.16. The number of hydrogen-bond acceptors (Lipinski definition) is 4. The van der Waals surface area contributed by atoms with E-state index < -0.39 is 0 Å². The standard InChI is InChI=1S/C22H23FN4O/c23-15-11-13-17(14-12-15)24-20-18-9-5-6-10-19(18)26-21(27-20)22(28)25-16-7-3-1-2-4-8-16/h5-6,9-14,16H,1-4,7-8H2,(H,25,28)(H,24,26,27). The molecular formula is C22H23FN4O. The monoisotopic (exact) mass is 378 g/mol. The maximum Gasteiger partial charge on any atom is 0.289 e. The van der Waals surface area contributed by atoms with E-state index in [0.717, 1.165) is 31.1 Å². The minimum atomic E-state index is -0.304. The summed E-state index contributed by atoms with van der Waals surface area (Å²) in [6, 6.07) is 13.7. The van der Waals surface area contributed by atoms with Crippen molar-refractivity contribution in [3.05, 3.63) is 60.2 Å². The number of rotatable bonds is 4. The molecule has 1 saturated carbocycles. The molecular weight excluding hydrogens is 355 g/mol. The lowest BCUT2D eigenvalue weighted by Crippen LogP contribution is -2.35. The van der Waals surface area contributed by atoms with Crippen molar-refractivity contribution >= 4 is 28.3 Å². The second-order valence-corrected chi connectivity index (χ2v) is 7.21. The molecule has 1 fully saturated rings. The molecule has 0 unspecified atom stereocenters. The van der Waals surface area contributed by atoms with Gasteiger partial charge in [-0.15, -0.1) is 0 Å². The molecule has 2 aromatic carbocycles. The molecule has 3 aromatic rings. The third-order valence-corrected chi connectivity index (χ3v) is 5.10. The predicted molar refractivity (Wildman–Crippen MR) is 108 cm³/mol. The average molecular weight is 378 g/mol. The molecule has 144 valence electrons. The van der Waals surface area contributed by atoms with Crippen LogP contribution >= 0.6 is 0 Å². The zero-order valence-corrected chi connectivity index (χ0v) is 15.6. The van der Waals surface area contributed by atoms with Crippen LogP contribution in [0.4, 0.5) is 15.9 Å². The van der Waals surface area contributed by atoms with E-state index in [1.54, 1.807) is 12.1 Å². The largest absolute Gasteiger partial charge is 0.347 e. The first kappa shape index (κ1) is 18.3. The van der Waals surface area contributed by atoms with Gasteiger partial charge < -0.3 is 10.6 Å². The number of nitrogens with one attached hydrogen (secondary N) is 2. The molecule has 1 aromatic heterocycles. The zero-order chi connectivity index (χ0) is 19.3. The van der Waals surface area contributed by atoms with E-state index in [1.165, 1.54) is 25.0 Å². The van der Waals surface area contributed by atoms with Gasteiger partial charge in [0.05, 0.1) is 5.52 Å². The van der Waals surface area contributed by atoms with Gasteiger partial charge in [0.2, 0.25) is 5.82 Å². The first-order valence-electron chi connectivity index (χ1n) is 9.79. The van der Waals surface area contributed by atoms with Crippen LogP contribution in [0, 0.1) is 5.82 Å². The Morgan fingerprint density at radius 1 is 0.929 bits per heavy atom. The molecule has 0 bridgehead atoms. The Hall–Kier alpha value is -3.02. The van der Waals surface area contributed by atoms with Crippen molar-refractivity contribution in [2.45, 2.75) is 44.6 Å². The number of amides is 1. The molecule has 0 atom stereocenters. The predicted octanol–water partition coefficient (Wildman–Crippen LogP) is 4.97. The number of carbonyl (C=O) groups is 1. The van der Waals surface area contributed by atoms with Gasteiger partial charge in [0.15, 0.2) is 0 Å². The molecule has 6 heteroatoms. The Morgan fingerprint density at radius 3 is 2.39 bits per heavy atom. The molecule has 0 aliphatic heterocycles. The Morgan fingerprint density at radius 2 is 1.64 bits per heavy atom. The molecule has 1 aliphatic carbocycles. The summed E-state index contributed by atoms with van der Waals surface area (Å²) >= 11 is 0. The minimum absolute atomic E-state index is 0.146. The number of hydrogen-bond donors (Lipinski definition) is 2. The van der Waals surface area contributed by atoms with Crippen LogP contribution in [0.5, 0.6) is 0 Å². The molecule has 0 spiro atoms. The first-order chi connectivity index (χ1) is 13.7. The second kappa shape index (κ2) is 8.33. The van der Waals surface area contributed by atoms with Crippen molar-refractivity contribution in [2.24, 2.45) is 0 Å². The fraction of sp³-hybridized carbons (Fsp3) is 0.318. The summed E-state index contributed by atoms with van der Waals surface area (Å²) in [5.74, 6) is 0.122. The van der Waals surface area contributed by atoms with E-state index in [2.05, 4.69) is 20.6 Å². The number of benzene rings is 2. The zero-order valence-electron chi connectivity index (χ0n) is 15.6. The number of halogens is 1. The molecule has 1 heterocycles. The smallest absolute Gasteiger partial charge is 0.289 e. The third kappa shape index (κ3) is 4.27. The number of aromatic nitrogens is 2. The van der Waals surface area contributed by atoms with Crippen LogP contribution in [0.2, 0.25) is 0 Å². The Balaban J connectivity index is 1.63. The molecule has 5 nitrogen and oxygen atoms in total. The molecule has 1 aliphatic rings. The molecule has 28 heavy (non-hydrogen) atoms. The number of anilines is 2. The van der Waals surface area contributed by atoms with Crippen LogP contribution in [0.25, 0.3) is 10.9 Å². The van der Waals surface area contributed by atoms with E-state index in [9.17, 15) is 9.18 Å². The highest BCUT2D eigenvalue weighted by Crippen LogP contribution is 2.24. The van der Waals surface area contributed by atoms with E-state index in [-0.39, 0.29) is 23.6 Å². The number of carbonyl (C=O) groups excluding carboxylic acids is 1. The van der Waals surface area contributed by atoms with Gasteiger partial charge in [-0.05, 0) is 49.2 Å². The van der Waals surface area contributed by atoms with Crippen LogP contribution in [-0.4, -0.2) is 21.9 Å². The SMILES string of the molecule is O=C(NC1CCCCCC1)c1nc(Nc2ccc(F)cc2)c2ccccc2n1. The quantitative estimate of drug-likeness (QED) is 0.630. The van der Waals surface area contributed by atoms with Crippen molar-refractivity contribution in [1.82, 2.24) is 15.3 Å². The third-order valence-electron chi connectivity index (χ3n) is 5.10. The average Bonchev–Trinajstić information content (AvgIpc) is 2.98. The number of para-hydroxylation sites is 1. The van der Waals surface area contributed by atoms with Crippen molar-refractivity contribution in [1.29, 1.82) is 0 Å². The van der Waals surface area contributed by atoms with Gasteiger partial charge in [-0.25, -0.2) is 14.4 Å². The topological polar surface area (TPSA) is 66.9 Å². The molecule has 0 radical (unpaired) electrons. The van der Waals surface area contributed by atoms with E-state index >= 15 is 0 Å². The summed E-state index contributed by atoms with van der Waals surface area (Å²) in [5.41, 5.74) is 1.38. The Labute approximate surface area is 163 Å². The molecule has 4 rings (SSSR count). The van der Waals surface area contributed by atoms with Crippen molar-refractivity contribution in [3.8, 4) is 0 Å². The van der Waals surface area contributed by atoms with E-state index in [0.29, 0.717) is 17.0 Å². The van der Waals surface area contributed by atoms with Gasteiger partial charge in [-0.2, -0.15) is 0 Å². The van der Waals surface area contributed by atoms with Gasteiger partial charge in [-0.3, -0.25) is 4.79 Å². The fourth-order valence-electron chi connectivity index (χ4n) is 3.62. The Kier molecular flexibility index (Phi) is 5.46. The minimum Gasteiger partial charge on any atom is -0.347 e. The number of fused-ring (bicyclic) bond motifs is 1.